The number of anilines is 2. The summed E-state index contributed by atoms with van der Waals surface area (Å²) >= 11 is 1.58. The van der Waals surface area contributed by atoms with Gasteiger partial charge in [-0.05, 0) is 62.0 Å². The van der Waals surface area contributed by atoms with E-state index in [4.69, 9.17) is 0 Å². The van der Waals surface area contributed by atoms with Crippen LogP contribution in [-0.4, -0.2) is 28.8 Å². The van der Waals surface area contributed by atoms with Crippen LogP contribution in [0.1, 0.15) is 26.7 Å². The van der Waals surface area contributed by atoms with Crippen LogP contribution in [0.3, 0.4) is 0 Å². The smallest absolute Gasteiger partial charge is 0.266 e. The molecule has 0 aliphatic carbocycles. The molecular formula is C22H26N4O2S. The van der Waals surface area contributed by atoms with E-state index in [0.29, 0.717) is 19.4 Å². The van der Waals surface area contributed by atoms with E-state index >= 15 is 0 Å². The van der Waals surface area contributed by atoms with Crippen LogP contribution in [-0.2, 0) is 11.3 Å². The molecule has 2 heterocycles. The van der Waals surface area contributed by atoms with Crippen LogP contribution >= 0.6 is 11.3 Å². The number of nitrogens with zero attached hydrogens (tertiary/aromatic N) is 3. The average molecular weight is 411 g/mol. The largest absolute Gasteiger partial charge is 0.372 e. The van der Waals surface area contributed by atoms with E-state index in [1.807, 2.05) is 41.8 Å². The molecule has 152 valence electrons. The van der Waals surface area contributed by atoms with E-state index in [0.717, 1.165) is 35.0 Å². The van der Waals surface area contributed by atoms with Gasteiger partial charge < -0.3 is 10.2 Å². The summed E-state index contributed by atoms with van der Waals surface area (Å²) in [6, 6.07) is 15.1. The lowest BCUT2D eigenvalue weighted by atomic mass is 10.2. The number of hydrogen-bond acceptors (Lipinski definition) is 5. The predicted molar refractivity (Wildman–Crippen MR) is 120 cm³/mol. The van der Waals surface area contributed by atoms with Gasteiger partial charge in [-0.15, -0.1) is 11.3 Å². The normalized spacial score (nSPS) is 10.7. The molecule has 0 radical (unpaired) electrons. The van der Waals surface area contributed by atoms with Gasteiger partial charge in [0.2, 0.25) is 5.91 Å². The monoisotopic (exact) mass is 410 g/mol. The van der Waals surface area contributed by atoms with Gasteiger partial charge in [0.15, 0.2) is 0 Å². The van der Waals surface area contributed by atoms with Crippen molar-refractivity contribution in [2.24, 2.45) is 0 Å². The topological polar surface area (TPSA) is 67.2 Å². The summed E-state index contributed by atoms with van der Waals surface area (Å²) in [5.41, 5.74) is 2.54. The Bertz CT molecular complexity index is 977. The fraction of sp³-hybridized carbons (Fsp3) is 0.318. The first kappa shape index (κ1) is 20.8. The number of thiophene rings is 1. The van der Waals surface area contributed by atoms with Crippen LogP contribution in [0.15, 0.2) is 58.7 Å². The molecule has 1 amide bonds. The molecule has 0 aliphatic rings. The van der Waals surface area contributed by atoms with E-state index in [9.17, 15) is 9.59 Å². The molecule has 29 heavy (non-hydrogen) atoms. The zero-order chi connectivity index (χ0) is 20.6. The summed E-state index contributed by atoms with van der Waals surface area (Å²) in [7, 11) is 0. The van der Waals surface area contributed by atoms with E-state index in [1.165, 1.54) is 10.7 Å². The molecule has 0 aliphatic heterocycles. The van der Waals surface area contributed by atoms with Crippen LogP contribution in [0, 0.1) is 0 Å². The van der Waals surface area contributed by atoms with Gasteiger partial charge in [0.05, 0.1) is 4.88 Å². The van der Waals surface area contributed by atoms with Gasteiger partial charge in [-0.3, -0.25) is 9.59 Å². The van der Waals surface area contributed by atoms with E-state index in [2.05, 4.69) is 29.2 Å². The molecule has 0 saturated carbocycles. The highest BCUT2D eigenvalue weighted by Crippen LogP contribution is 2.21. The lowest BCUT2D eigenvalue weighted by Gasteiger charge is -2.21. The SMILES string of the molecule is CCN(CC)c1ccc(NC(=O)CCCn2nc(-c3cccs3)ccc2=O)cc1. The fourth-order valence-corrected chi connectivity index (χ4v) is 3.81. The van der Waals surface area contributed by atoms with Crippen molar-refractivity contribution in [3.63, 3.8) is 0 Å². The van der Waals surface area contributed by atoms with Crippen LogP contribution in [0.5, 0.6) is 0 Å². The Morgan fingerprint density at radius 2 is 1.86 bits per heavy atom. The number of carbonyl (C=O) groups is 1. The van der Waals surface area contributed by atoms with Crippen molar-refractivity contribution < 1.29 is 4.79 Å². The van der Waals surface area contributed by atoms with Gasteiger partial charge in [-0.2, -0.15) is 5.10 Å². The second-order valence-corrected chi connectivity index (χ2v) is 7.58. The molecule has 3 rings (SSSR count). The van der Waals surface area contributed by atoms with Gasteiger partial charge in [-0.1, -0.05) is 6.07 Å². The van der Waals surface area contributed by atoms with E-state index < -0.39 is 0 Å². The van der Waals surface area contributed by atoms with Crippen molar-refractivity contribution in [1.29, 1.82) is 0 Å². The summed E-state index contributed by atoms with van der Waals surface area (Å²) < 4.78 is 1.43. The number of amides is 1. The Morgan fingerprint density at radius 3 is 2.52 bits per heavy atom. The van der Waals surface area contributed by atoms with Gasteiger partial charge in [0, 0.05) is 43.5 Å². The predicted octanol–water partition coefficient (Wildman–Crippen LogP) is 4.24. The molecule has 0 spiro atoms. The van der Waals surface area contributed by atoms with Crippen molar-refractivity contribution in [2.45, 2.75) is 33.2 Å². The molecular weight excluding hydrogens is 384 g/mol. The number of hydrogen-bond donors (Lipinski definition) is 1. The number of rotatable bonds is 9. The second kappa shape index (κ2) is 10.0. The maximum Gasteiger partial charge on any atom is 0.266 e. The third kappa shape index (κ3) is 5.54. The quantitative estimate of drug-likeness (QED) is 0.573. The molecule has 0 atom stereocenters. The van der Waals surface area contributed by atoms with Crippen molar-refractivity contribution in [3.8, 4) is 10.6 Å². The molecule has 0 saturated heterocycles. The maximum atomic E-state index is 12.2. The Kier molecular flexibility index (Phi) is 7.19. The molecule has 0 bridgehead atoms. The average Bonchev–Trinajstić information content (AvgIpc) is 3.26. The molecule has 7 heteroatoms. The van der Waals surface area contributed by atoms with Gasteiger partial charge in [0.25, 0.3) is 5.56 Å². The molecule has 0 fully saturated rings. The van der Waals surface area contributed by atoms with Gasteiger partial charge >= 0.3 is 0 Å². The minimum Gasteiger partial charge on any atom is -0.372 e. The Balaban J connectivity index is 1.52. The van der Waals surface area contributed by atoms with Crippen molar-refractivity contribution in [3.05, 3.63) is 64.3 Å². The molecule has 6 nitrogen and oxygen atoms in total. The number of benzene rings is 1. The Morgan fingerprint density at radius 1 is 1.10 bits per heavy atom. The second-order valence-electron chi connectivity index (χ2n) is 6.63. The van der Waals surface area contributed by atoms with Crippen molar-refractivity contribution >= 4 is 28.6 Å². The van der Waals surface area contributed by atoms with E-state index in [-0.39, 0.29) is 11.5 Å². The first-order valence-corrected chi connectivity index (χ1v) is 10.8. The third-order valence-corrected chi connectivity index (χ3v) is 5.59. The highest BCUT2D eigenvalue weighted by Gasteiger charge is 2.07. The first-order valence-electron chi connectivity index (χ1n) is 9.87. The summed E-state index contributed by atoms with van der Waals surface area (Å²) in [5.74, 6) is -0.0666. The van der Waals surface area contributed by atoms with Crippen LogP contribution in [0.4, 0.5) is 11.4 Å². The number of carbonyl (C=O) groups excluding carboxylic acids is 1. The molecule has 2 aromatic heterocycles. The van der Waals surface area contributed by atoms with Gasteiger partial charge in [-0.25, -0.2) is 4.68 Å². The summed E-state index contributed by atoms with van der Waals surface area (Å²) in [6.45, 7) is 6.55. The van der Waals surface area contributed by atoms with Crippen LogP contribution in [0.25, 0.3) is 10.6 Å². The molecule has 1 aromatic carbocycles. The molecule has 0 unspecified atom stereocenters. The number of aromatic nitrogens is 2. The lowest BCUT2D eigenvalue weighted by Crippen LogP contribution is -2.23. The van der Waals surface area contributed by atoms with Gasteiger partial charge in [0.1, 0.15) is 5.69 Å². The highest BCUT2D eigenvalue weighted by molar-refractivity contribution is 7.13. The summed E-state index contributed by atoms with van der Waals surface area (Å²) in [5, 5.41) is 9.31. The minimum atomic E-state index is -0.155. The Labute approximate surface area is 174 Å². The molecule has 1 N–H and O–H groups in total. The summed E-state index contributed by atoms with van der Waals surface area (Å²) in [4.78, 5) is 27.6. The van der Waals surface area contributed by atoms with Crippen molar-refractivity contribution in [2.75, 3.05) is 23.3 Å². The van der Waals surface area contributed by atoms with Crippen LogP contribution in [0.2, 0.25) is 0 Å². The number of nitrogens with one attached hydrogen (secondary N) is 1. The Hall–Kier alpha value is -2.93. The van der Waals surface area contributed by atoms with Crippen molar-refractivity contribution in [1.82, 2.24) is 9.78 Å². The third-order valence-electron chi connectivity index (χ3n) is 4.69. The van der Waals surface area contributed by atoms with Crippen LogP contribution < -0.4 is 15.8 Å². The van der Waals surface area contributed by atoms with E-state index in [1.54, 1.807) is 17.4 Å². The fourth-order valence-electron chi connectivity index (χ4n) is 3.12. The number of aryl methyl sites for hydroxylation is 1. The highest BCUT2D eigenvalue weighted by atomic mass is 32.1. The zero-order valence-corrected chi connectivity index (χ0v) is 17.6. The summed E-state index contributed by atoms with van der Waals surface area (Å²) in [6.07, 6.45) is 0.874. The first-order chi connectivity index (χ1) is 14.1. The zero-order valence-electron chi connectivity index (χ0n) is 16.8. The standard InChI is InChI=1S/C22H26N4O2S/c1-3-25(4-2)18-11-9-17(10-12-18)23-21(27)8-5-15-26-22(28)14-13-19(24-26)20-7-6-16-29-20/h6-7,9-14,16H,3-5,8,15H2,1-2H3,(H,23,27). The minimum absolute atomic E-state index is 0.0666. The lowest BCUT2D eigenvalue weighted by molar-refractivity contribution is -0.116. The molecule has 3 aromatic rings. The maximum absolute atomic E-state index is 12.2.